The molecule has 2 aromatic rings. The van der Waals surface area contributed by atoms with Gasteiger partial charge in [0.2, 0.25) is 0 Å². The molecular formula is C18H17ClN4O3S. The molecule has 0 bridgehead atoms. The van der Waals surface area contributed by atoms with Crippen molar-refractivity contribution in [1.29, 1.82) is 5.26 Å². The van der Waals surface area contributed by atoms with Gasteiger partial charge in [-0.1, -0.05) is 17.7 Å². The first-order chi connectivity index (χ1) is 12.8. The molecule has 1 aliphatic heterocycles. The van der Waals surface area contributed by atoms with E-state index in [-0.39, 0.29) is 16.5 Å². The van der Waals surface area contributed by atoms with E-state index in [0.717, 1.165) is 6.26 Å². The van der Waals surface area contributed by atoms with E-state index in [4.69, 9.17) is 16.9 Å². The third kappa shape index (κ3) is 4.21. The van der Waals surface area contributed by atoms with E-state index >= 15 is 0 Å². The number of nitrogens with zero attached hydrogens (tertiary/aromatic N) is 4. The van der Waals surface area contributed by atoms with Gasteiger partial charge in [-0.15, -0.1) is 0 Å². The number of halogens is 1. The lowest BCUT2D eigenvalue weighted by Gasteiger charge is -2.35. The Morgan fingerprint density at radius 2 is 1.89 bits per heavy atom. The van der Waals surface area contributed by atoms with E-state index in [1.807, 2.05) is 11.0 Å². The number of carbonyl (C=O) groups is 1. The summed E-state index contributed by atoms with van der Waals surface area (Å²) in [4.78, 5) is 20.7. The van der Waals surface area contributed by atoms with Crippen molar-refractivity contribution in [3.05, 3.63) is 52.7 Å². The number of rotatable bonds is 3. The third-order valence-electron chi connectivity index (χ3n) is 4.34. The van der Waals surface area contributed by atoms with Crippen molar-refractivity contribution in [2.45, 2.75) is 4.90 Å². The molecule has 9 heteroatoms. The van der Waals surface area contributed by atoms with Gasteiger partial charge in [-0.2, -0.15) is 5.26 Å². The Morgan fingerprint density at radius 1 is 1.19 bits per heavy atom. The van der Waals surface area contributed by atoms with Crippen LogP contribution in [0.4, 0.5) is 5.82 Å². The largest absolute Gasteiger partial charge is 0.353 e. The number of piperazine rings is 1. The molecule has 1 aliphatic rings. The van der Waals surface area contributed by atoms with Crippen molar-refractivity contribution in [1.82, 2.24) is 9.88 Å². The van der Waals surface area contributed by atoms with Crippen molar-refractivity contribution in [2.24, 2.45) is 0 Å². The zero-order valence-electron chi connectivity index (χ0n) is 14.6. The zero-order chi connectivity index (χ0) is 19.6. The van der Waals surface area contributed by atoms with Crippen molar-refractivity contribution in [3.63, 3.8) is 0 Å². The van der Waals surface area contributed by atoms with Gasteiger partial charge < -0.3 is 9.80 Å². The molecule has 0 saturated carbocycles. The lowest BCUT2D eigenvalue weighted by atomic mass is 10.2. The van der Waals surface area contributed by atoms with E-state index in [0.29, 0.717) is 42.6 Å². The Labute approximate surface area is 162 Å². The third-order valence-corrected chi connectivity index (χ3v) is 5.75. The summed E-state index contributed by atoms with van der Waals surface area (Å²) in [6.45, 7) is 2.04. The molecule has 0 unspecified atom stereocenters. The number of benzene rings is 1. The number of hydrogen-bond acceptors (Lipinski definition) is 6. The molecule has 1 amide bonds. The van der Waals surface area contributed by atoms with Crippen molar-refractivity contribution in [3.8, 4) is 6.07 Å². The Balaban J connectivity index is 1.71. The highest BCUT2D eigenvalue weighted by Gasteiger charge is 2.24. The second-order valence-electron chi connectivity index (χ2n) is 6.19. The molecule has 0 N–H and O–H groups in total. The van der Waals surface area contributed by atoms with Crippen LogP contribution in [-0.4, -0.2) is 56.6 Å². The maximum absolute atomic E-state index is 12.7. The molecule has 1 aromatic carbocycles. The van der Waals surface area contributed by atoms with Crippen LogP contribution in [0.25, 0.3) is 0 Å². The molecule has 1 saturated heterocycles. The van der Waals surface area contributed by atoms with Crippen LogP contribution >= 0.6 is 11.6 Å². The SMILES string of the molecule is CS(=O)(=O)c1cccc(C(=O)N2CCN(c3ccc(Cl)c(C#N)n3)CC2)c1. The summed E-state index contributed by atoms with van der Waals surface area (Å²) in [5.74, 6) is 0.434. The molecular weight excluding hydrogens is 388 g/mol. The molecule has 0 radical (unpaired) electrons. The maximum atomic E-state index is 12.7. The van der Waals surface area contributed by atoms with Crippen molar-refractivity contribution >= 4 is 33.2 Å². The van der Waals surface area contributed by atoms with Gasteiger partial charge in [0.05, 0.1) is 9.92 Å². The number of hydrogen-bond donors (Lipinski definition) is 0. The molecule has 1 fully saturated rings. The number of sulfone groups is 1. The van der Waals surface area contributed by atoms with Crippen LogP contribution in [0.5, 0.6) is 0 Å². The van der Waals surface area contributed by atoms with Gasteiger partial charge in [0.25, 0.3) is 5.91 Å². The summed E-state index contributed by atoms with van der Waals surface area (Å²) in [6, 6.07) is 11.4. The monoisotopic (exact) mass is 404 g/mol. The minimum atomic E-state index is -3.37. The Kier molecular flexibility index (Phi) is 5.35. The van der Waals surface area contributed by atoms with Crippen molar-refractivity contribution in [2.75, 3.05) is 37.3 Å². The van der Waals surface area contributed by atoms with Gasteiger partial charge >= 0.3 is 0 Å². The predicted octanol–water partition coefficient (Wildman–Crippen LogP) is 1.97. The average molecular weight is 405 g/mol. The second-order valence-corrected chi connectivity index (χ2v) is 8.61. The number of aromatic nitrogens is 1. The second kappa shape index (κ2) is 7.55. The zero-order valence-corrected chi connectivity index (χ0v) is 16.2. The maximum Gasteiger partial charge on any atom is 0.254 e. The van der Waals surface area contributed by atoms with Gasteiger partial charge in [-0.25, -0.2) is 13.4 Å². The molecule has 0 spiro atoms. The van der Waals surface area contributed by atoms with Crippen LogP contribution in [0.3, 0.4) is 0 Å². The molecule has 3 rings (SSSR count). The van der Waals surface area contributed by atoms with E-state index in [9.17, 15) is 13.2 Å². The van der Waals surface area contributed by atoms with E-state index in [1.54, 1.807) is 29.2 Å². The first kappa shape index (κ1) is 19.1. The van der Waals surface area contributed by atoms with Crippen LogP contribution in [0, 0.1) is 11.3 Å². The van der Waals surface area contributed by atoms with Crippen LogP contribution in [0.15, 0.2) is 41.3 Å². The first-order valence-electron chi connectivity index (χ1n) is 8.20. The highest BCUT2D eigenvalue weighted by atomic mass is 35.5. The lowest BCUT2D eigenvalue weighted by Crippen LogP contribution is -2.49. The summed E-state index contributed by atoms with van der Waals surface area (Å²) >= 11 is 5.91. The van der Waals surface area contributed by atoms with Gasteiger partial charge in [-0.05, 0) is 30.3 Å². The van der Waals surface area contributed by atoms with Gasteiger partial charge in [0, 0.05) is 38.0 Å². The fourth-order valence-corrected chi connectivity index (χ4v) is 3.68. The van der Waals surface area contributed by atoms with Crippen LogP contribution in [0.1, 0.15) is 16.1 Å². The van der Waals surface area contributed by atoms with Gasteiger partial charge in [0.15, 0.2) is 15.5 Å². The molecule has 27 heavy (non-hydrogen) atoms. The molecule has 140 valence electrons. The molecule has 2 heterocycles. The van der Waals surface area contributed by atoms with Crippen molar-refractivity contribution < 1.29 is 13.2 Å². The molecule has 7 nitrogen and oxygen atoms in total. The summed E-state index contributed by atoms with van der Waals surface area (Å²) in [7, 11) is -3.37. The lowest BCUT2D eigenvalue weighted by molar-refractivity contribution is 0.0746. The first-order valence-corrected chi connectivity index (χ1v) is 10.5. The van der Waals surface area contributed by atoms with E-state index in [1.165, 1.54) is 12.1 Å². The quantitative estimate of drug-likeness (QED) is 0.776. The summed E-state index contributed by atoms with van der Waals surface area (Å²) in [6.07, 6.45) is 1.12. The number of anilines is 1. The highest BCUT2D eigenvalue weighted by molar-refractivity contribution is 7.90. The van der Waals surface area contributed by atoms with Crippen LogP contribution in [-0.2, 0) is 9.84 Å². The topological polar surface area (TPSA) is 94.4 Å². The summed E-state index contributed by atoms with van der Waals surface area (Å²) in [5.41, 5.74) is 0.521. The highest BCUT2D eigenvalue weighted by Crippen LogP contribution is 2.21. The molecule has 0 aliphatic carbocycles. The smallest absolute Gasteiger partial charge is 0.254 e. The Hall–Kier alpha value is -2.63. The van der Waals surface area contributed by atoms with Gasteiger partial charge in [0.1, 0.15) is 11.9 Å². The van der Waals surface area contributed by atoms with E-state index in [2.05, 4.69) is 4.98 Å². The molecule has 0 atom stereocenters. The standard InChI is InChI=1S/C18H17ClN4O3S/c1-27(25,26)14-4-2-3-13(11-14)18(24)23-9-7-22(8-10-23)17-6-5-15(19)16(12-20)21-17/h2-6,11H,7-10H2,1H3. The number of amides is 1. The average Bonchev–Trinajstić information content (AvgIpc) is 2.67. The summed E-state index contributed by atoms with van der Waals surface area (Å²) in [5, 5.41) is 9.36. The normalized spacial score (nSPS) is 14.7. The number of nitriles is 1. The predicted molar refractivity (Wildman–Crippen MR) is 102 cm³/mol. The van der Waals surface area contributed by atoms with Crippen LogP contribution < -0.4 is 4.90 Å². The van der Waals surface area contributed by atoms with Gasteiger partial charge in [-0.3, -0.25) is 4.79 Å². The number of pyridine rings is 1. The van der Waals surface area contributed by atoms with E-state index < -0.39 is 9.84 Å². The van der Waals surface area contributed by atoms with Crippen LogP contribution in [0.2, 0.25) is 5.02 Å². The Bertz CT molecular complexity index is 1030. The molecule has 1 aromatic heterocycles. The summed E-state index contributed by atoms with van der Waals surface area (Å²) < 4.78 is 23.4. The fraction of sp³-hybridized carbons (Fsp3) is 0.278. The minimum absolute atomic E-state index is 0.126. The number of carbonyl (C=O) groups excluding carboxylic acids is 1. The minimum Gasteiger partial charge on any atom is -0.353 e. The fourth-order valence-electron chi connectivity index (χ4n) is 2.87. The Morgan fingerprint density at radius 3 is 2.52 bits per heavy atom.